The van der Waals surface area contributed by atoms with Crippen molar-refractivity contribution < 1.29 is 4.79 Å². The van der Waals surface area contributed by atoms with Gasteiger partial charge in [0.25, 0.3) is 0 Å². The van der Waals surface area contributed by atoms with E-state index >= 15 is 0 Å². The summed E-state index contributed by atoms with van der Waals surface area (Å²) < 4.78 is 0. The Kier molecular flexibility index (Phi) is 5.29. The van der Waals surface area contributed by atoms with Gasteiger partial charge >= 0.3 is 0 Å². The Hall–Kier alpha value is -2.31. The number of aromatic nitrogens is 1. The van der Waals surface area contributed by atoms with Crippen LogP contribution in [0.4, 0.5) is 5.82 Å². The number of piperazine rings is 1. The van der Waals surface area contributed by atoms with E-state index in [1.807, 2.05) is 23.1 Å². The molecular formula is C16H24N6O. The summed E-state index contributed by atoms with van der Waals surface area (Å²) in [5.74, 6) is 2.02. The van der Waals surface area contributed by atoms with Gasteiger partial charge in [-0.3, -0.25) is 9.79 Å². The molecule has 3 rings (SSSR count). The Bertz CT molecular complexity index is 539. The molecule has 124 valence electrons. The quantitative estimate of drug-likeness (QED) is 0.822. The van der Waals surface area contributed by atoms with Crippen LogP contribution < -0.4 is 15.5 Å². The maximum atomic E-state index is 12.3. The molecule has 0 saturated carbocycles. The first-order chi connectivity index (χ1) is 11.3. The van der Waals surface area contributed by atoms with Crippen LogP contribution in [0.25, 0.3) is 0 Å². The number of anilines is 1. The zero-order chi connectivity index (χ0) is 15.9. The number of hydrogen-bond donors (Lipinski definition) is 2. The van der Waals surface area contributed by atoms with Crippen molar-refractivity contribution in [1.82, 2.24) is 20.5 Å². The molecule has 0 aliphatic carbocycles. The third-order valence-corrected chi connectivity index (χ3v) is 4.13. The van der Waals surface area contributed by atoms with Gasteiger partial charge in [-0.15, -0.1) is 0 Å². The predicted octanol–water partition coefficient (Wildman–Crippen LogP) is 0.0592. The van der Waals surface area contributed by atoms with E-state index in [1.54, 1.807) is 6.20 Å². The molecule has 2 aliphatic rings. The van der Waals surface area contributed by atoms with E-state index in [1.165, 1.54) is 0 Å². The van der Waals surface area contributed by atoms with E-state index in [2.05, 4.69) is 25.5 Å². The Balaban J connectivity index is 1.39. The van der Waals surface area contributed by atoms with E-state index in [0.29, 0.717) is 13.0 Å². The zero-order valence-corrected chi connectivity index (χ0v) is 13.4. The molecule has 7 nitrogen and oxygen atoms in total. The number of nitrogens with zero attached hydrogens (tertiary/aromatic N) is 4. The number of nitrogens with one attached hydrogen (secondary N) is 2. The minimum Gasteiger partial charge on any atom is -0.356 e. The van der Waals surface area contributed by atoms with E-state index in [0.717, 1.165) is 57.5 Å². The summed E-state index contributed by atoms with van der Waals surface area (Å²) in [6.45, 7) is 5.64. The second-order valence-corrected chi connectivity index (χ2v) is 5.74. The van der Waals surface area contributed by atoms with E-state index in [-0.39, 0.29) is 5.91 Å². The smallest absolute Gasteiger partial charge is 0.224 e. The number of guanidine groups is 1. The van der Waals surface area contributed by atoms with Crippen LogP contribution in [0.15, 0.2) is 29.4 Å². The maximum Gasteiger partial charge on any atom is 0.224 e. The lowest BCUT2D eigenvalue weighted by molar-refractivity contribution is -0.131. The number of pyridine rings is 1. The number of rotatable bonds is 4. The number of carbonyl (C=O) groups excluding carboxylic acids is 1. The fraction of sp³-hybridized carbons (Fsp3) is 0.562. The molecule has 2 N–H and O–H groups in total. The lowest BCUT2D eigenvalue weighted by Crippen LogP contribution is -2.49. The molecule has 3 heterocycles. The van der Waals surface area contributed by atoms with Crippen LogP contribution in [-0.2, 0) is 4.79 Å². The van der Waals surface area contributed by atoms with Gasteiger partial charge in [0.05, 0.1) is 0 Å². The van der Waals surface area contributed by atoms with Crippen LogP contribution in [0, 0.1) is 0 Å². The molecule has 2 aliphatic heterocycles. The summed E-state index contributed by atoms with van der Waals surface area (Å²) in [4.78, 5) is 25.1. The zero-order valence-electron chi connectivity index (χ0n) is 13.4. The molecule has 1 fully saturated rings. The second kappa shape index (κ2) is 7.80. The number of aliphatic imine (C=N–C) groups is 1. The summed E-state index contributed by atoms with van der Waals surface area (Å²) in [6.07, 6.45) is 3.38. The van der Waals surface area contributed by atoms with Crippen LogP contribution in [0.1, 0.15) is 12.8 Å². The molecule has 1 aromatic heterocycles. The lowest BCUT2D eigenvalue weighted by atomic mass is 10.2. The standard InChI is InChI=1S/C16H24N6O/c23-15(5-9-20-16-18-7-3-8-19-16)22-12-10-21(11-13-22)14-4-1-2-6-17-14/h1-2,4,6H,3,5,7-13H2,(H2,18,19,20). The minimum absolute atomic E-state index is 0.203. The summed E-state index contributed by atoms with van der Waals surface area (Å²) in [6, 6.07) is 5.93. The van der Waals surface area contributed by atoms with Gasteiger partial charge < -0.3 is 20.4 Å². The predicted molar refractivity (Wildman–Crippen MR) is 90.6 cm³/mol. The second-order valence-electron chi connectivity index (χ2n) is 5.74. The Morgan fingerprint density at radius 1 is 1.26 bits per heavy atom. The fourth-order valence-electron chi connectivity index (χ4n) is 2.82. The Labute approximate surface area is 136 Å². The van der Waals surface area contributed by atoms with Gasteiger partial charge in [0.1, 0.15) is 5.82 Å². The van der Waals surface area contributed by atoms with Crippen LogP contribution in [0.5, 0.6) is 0 Å². The molecule has 0 bridgehead atoms. The Morgan fingerprint density at radius 3 is 2.83 bits per heavy atom. The van der Waals surface area contributed by atoms with Crippen molar-refractivity contribution in [2.75, 3.05) is 50.7 Å². The number of amides is 1. The molecule has 1 saturated heterocycles. The van der Waals surface area contributed by atoms with Crippen LogP contribution >= 0.6 is 0 Å². The van der Waals surface area contributed by atoms with Gasteiger partial charge in [-0.25, -0.2) is 4.98 Å². The highest BCUT2D eigenvalue weighted by Crippen LogP contribution is 2.12. The topological polar surface area (TPSA) is 72.9 Å². The van der Waals surface area contributed by atoms with Crippen molar-refractivity contribution in [3.8, 4) is 0 Å². The van der Waals surface area contributed by atoms with Crippen molar-refractivity contribution in [2.24, 2.45) is 4.99 Å². The summed E-state index contributed by atoms with van der Waals surface area (Å²) >= 11 is 0. The molecule has 0 radical (unpaired) electrons. The average molecular weight is 316 g/mol. The third kappa shape index (κ3) is 4.34. The molecule has 0 unspecified atom stereocenters. The highest BCUT2D eigenvalue weighted by molar-refractivity contribution is 5.81. The minimum atomic E-state index is 0.203. The van der Waals surface area contributed by atoms with Gasteiger partial charge in [0, 0.05) is 58.4 Å². The van der Waals surface area contributed by atoms with Crippen molar-refractivity contribution in [1.29, 1.82) is 0 Å². The third-order valence-electron chi connectivity index (χ3n) is 4.13. The average Bonchev–Trinajstić information content (AvgIpc) is 2.63. The molecule has 0 spiro atoms. The van der Waals surface area contributed by atoms with Gasteiger partial charge in [0.15, 0.2) is 5.96 Å². The normalized spacial score (nSPS) is 18.2. The van der Waals surface area contributed by atoms with Gasteiger partial charge in [-0.05, 0) is 18.6 Å². The van der Waals surface area contributed by atoms with Crippen molar-refractivity contribution >= 4 is 17.7 Å². The molecule has 0 aromatic carbocycles. The van der Waals surface area contributed by atoms with Crippen LogP contribution in [0.2, 0.25) is 0 Å². The van der Waals surface area contributed by atoms with Crippen molar-refractivity contribution in [3.63, 3.8) is 0 Å². The first kappa shape index (κ1) is 15.6. The van der Waals surface area contributed by atoms with Crippen molar-refractivity contribution in [3.05, 3.63) is 24.4 Å². The molecule has 7 heteroatoms. The first-order valence-corrected chi connectivity index (χ1v) is 8.29. The summed E-state index contributed by atoms with van der Waals surface area (Å²) in [5, 5.41) is 6.39. The van der Waals surface area contributed by atoms with E-state index in [4.69, 9.17) is 0 Å². The molecule has 0 atom stereocenters. The van der Waals surface area contributed by atoms with Crippen LogP contribution in [-0.4, -0.2) is 67.6 Å². The largest absolute Gasteiger partial charge is 0.356 e. The fourth-order valence-corrected chi connectivity index (χ4v) is 2.82. The SMILES string of the molecule is O=C(CCNC1=NCCCN1)N1CCN(c2ccccn2)CC1. The number of carbonyl (C=O) groups is 1. The van der Waals surface area contributed by atoms with Crippen LogP contribution in [0.3, 0.4) is 0 Å². The highest BCUT2D eigenvalue weighted by Gasteiger charge is 2.21. The summed E-state index contributed by atoms with van der Waals surface area (Å²) in [7, 11) is 0. The van der Waals surface area contributed by atoms with Gasteiger partial charge in [0.2, 0.25) is 5.91 Å². The molecular weight excluding hydrogens is 292 g/mol. The highest BCUT2D eigenvalue weighted by atomic mass is 16.2. The van der Waals surface area contributed by atoms with E-state index in [9.17, 15) is 4.79 Å². The summed E-state index contributed by atoms with van der Waals surface area (Å²) in [5.41, 5.74) is 0. The monoisotopic (exact) mass is 316 g/mol. The Morgan fingerprint density at radius 2 is 2.13 bits per heavy atom. The van der Waals surface area contributed by atoms with Gasteiger partial charge in [-0.2, -0.15) is 0 Å². The van der Waals surface area contributed by atoms with Gasteiger partial charge in [-0.1, -0.05) is 6.07 Å². The first-order valence-electron chi connectivity index (χ1n) is 8.29. The lowest BCUT2D eigenvalue weighted by Gasteiger charge is -2.35. The maximum absolute atomic E-state index is 12.3. The van der Waals surface area contributed by atoms with E-state index < -0.39 is 0 Å². The molecule has 1 aromatic rings. The molecule has 1 amide bonds. The van der Waals surface area contributed by atoms with Crippen molar-refractivity contribution in [2.45, 2.75) is 12.8 Å². The number of hydrogen-bond acceptors (Lipinski definition) is 6. The molecule has 23 heavy (non-hydrogen) atoms.